The molecule has 0 fully saturated rings. The summed E-state index contributed by atoms with van der Waals surface area (Å²) in [6.45, 7) is -0.173. The third-order valence-corrected chi connectivity index (χ3v) is 2.27. The van der Waals surface area contributed by atoms with Crippen LogP contribution in [0.15, 0.2) is 24.3 Å². The first-order valence-corrected chi connectivity index (χ1v) is 5.56. The van der Waals surface area contributed by atoms with E-state index in [1.54, 1.807) is 11.4 Å². The predicted molar refractivity (Wildman–Crippen MR) is 64.8 cm³/mol. The van der Waals surface area contributed by atoms with E-state index in [2.05, 4.69) is 10.1 Å². The van der Waals surface area contributed by atoms with Gasteiger partial charge in [-0.1, -0.05) is 18.2 Å². The van der Waals surface area contributed by atoms with Crippen LogP contribution in [0.2, 0.25) is 0 Å². The fourth-order valence-corrected chi connectivity index (χ4v) is 1.37. The van der Waals surface area contributed by atoms with Crippen molar-refractivity contribution in [1.29, 1.82) is 0 Å². The Kier molecular flexibility index (Phi) is 5.51. The van der Waals surface area contributed by atoms with Crippen LogP contribution in [-0.4, -0.2) is 31.7 Å². The minimum absolute atomic E-state index is 0.00691. The van der Waals surface area contributed by atoms with Gasteiger partial charge in [-0.05, 0) is 11.6 Å². The Morgan fingerprint density at radius 2 is 1.90 bits per heavy atom. The maximum Gasteiger partial charge on any atom is 0.471 e. The largest absolute Gasteiger partial charge is 0.471 e. The smallest absolute Gasteiger partial charge is 0.375 e. The van der Waals surface area contributed by atoms with Gasteiger partial charge < -0.3 is 15.4 Å². The second-order valence-electron chi connectivity index (χ2n) is 3.82. The SMILES string of the molecule is COCC(=O)NCc1ccccc1NC(=O)C(F)(F)F. The van der Waals surface area contributed by atoms with Crippen LogP contribution in [-0.2, 0) is 20.9 Å². The molecule has 0 spiro atoms. The van der Waals surface area contributed by atoms with Gasteiger partial charge in [-0.15, -0.1) is 0 Å². The average molecular weight is 290 g/mol. The second-order valence-corrected chi connectivity index (χ2v) is 3.82. The predicted octanol–water partition coefficient (Wildman–Crippen LogP) is 1.45. The van der Waals surface area contributed by atoms with Gasteiger partial charge in [0.1, 0.15) is 6.61 Å². The zero-order valence-corrected chi connectivity index (χ0v) is 10.6. The fraction of sp³-hybridized carbons (Fsp3) is 0.333. The third kappa shape index (κ3) is 4.88. The number of ether oxygens (including phenoxy) is 1. The van der Waals surface area contributed by atoms with Crippen LogP contribution in [0.25, 0.3) is 0 Å². The lowest BCUT2D eigenvalue weighted by atomic mass is 10.1. The molecule has 5 nitrogen and oxygen atoms in total. The van der Waals surface area contributed by atoms with E-state index in [-0.39, 0.29) is 18.8 Å². The first kappa shape index (κ1) is 16.0. The lowest BCUT2D eigenvalue weighted by molar-refractivity contribution is -0.167. The van der Waals surface area contributed by atoms with Gasteiger partial charge in [0, 0.05) is 19.3 Å². The molecule has 0 aliphatic rings. The number of carbonyl (C=O) groups is 2. The Bertz CT molecular complexity index is 489. The Morgan fingerprint density at radius 3 is 2.50 bits per heavy atom. The molecule has 2 N–H and O–H groups in total. The highest BCUT2D eigenvalue weighted by atomic mass is 19.4. The molecule has 0 aromatic heterocycles. The lowest BCUT2D eigenvalue weighted by Gasteiger charge is -2.13. The highest BCUT2D eigenvalue weighted by Gasteiger charge is 2.38. The molecule has 0 radical (unpaired) electrons. The van der Waals surface area contributed by atoms with Crippen LogP contribution < -0.4 is 10.6 Å². The number of methoxy groups -OCH3 is 1. The Morgan fingerprint density at radius 1 is 1.25 bits per heavy atom. The van der Waals surface area contributed by atoms with Gasteiger partial charge in [0.15, 0.2) is 0 Å². The molecule has 0 aliphatic heterocycles. The molecule has 0 bridgehead atoms. The molecule has 1 rings (SSSR count). The summed E-state index contributed by atoms with van der Waals surface area (Å²) in [5, 5.41) is 4.22. The molecule has 0 aliphatic carbocycles. The summed E-state index contributed by atoms with van der Waals surface area (Å²) in [5.41, 5.74) is 0.349. The van der Waals surface area contributed by atoms with Crippen LogP contribution in [0.4, 0.5) is 18.9 Å². The summed E-state index contributed by atoms with van der Waals surface area (Å²) < 4.78 is 41.1. The van der Waals surface area contributed by atoms with Gasteiger partial charge >= 0.3 is 12.1 Å². The molecule has 1 aromatic rings. The minimum Gasteiger partial charge on any atom is -0.375 e. The van der Waals surface area contributed by atoms with E-state index in [1.807, 2.05) is 0 Å². The van der Waals surface area contributed by atoms with Gasteiger partial charge in [-0.25, -0.2) is 0 Å². The minimum atomic E-state index is -4.97. The van der Waals surface area contributed by atoms with Crippen molar-refractivity contribution in [2.24, 2.45) is 0 Å². The average Bonchev–Trinajstić information content (AvgIpc) is 2.37. The van der Waals surface area contributed by atoms with Crippen molar-refractivity contribution in [3.05, 3.63) is 29.8 Å². The van der Waals surface area contributed by atoms with Gasteiger partial charge in [-0.2, -0.15) is 13.2 Å². The number of carbonyl (C=O) groups excluding carboxylic acids is 2. The van der Waals surface area contributed by atoms with Crippen molar-refractivity contribution in [3.8, 4) is 0 Å². The number of nitrogens with one attached hydrogen (secondary N) is 2. The van der Waals surface area contributed by atoms with E-state index in [9.17, 15) is 22.8 Å². The van der Waals surface area contributed by atoms with Crippen LogP contribution in [0.3, 0.4) is 0 Å². The van der Waals surface area contributed by atoms with Crippen molar-refractivity contribution in [1.82, 2.24) is 5.32 Å². The maximum atomic E-state index is 12.2. The Hall–Kier alpha value is -2.09. The number of alkyl halides is 3. The van der Waals surface area contributed by atoms with Crippen molar-refractivity contribution < 1.29 is 27.5 Å². The van der Waals surface area contributed by atoms with E-state index in [0.717, 1.165) is 0 Å². The fourth-order valence-electron chi connectivity index (χ4n) is 1.37. The molecule has 0 atom stereocenters. The second kappa shape index (κ2) is 6.90. The highest BCUT2D eigenvalue weighted by Crippen LogP contribution is 2.20. The van der Waals surface area contributed by atoms with Gasteiger partial charge in [0.05, 0.1) is 0 Å². The molecule has 20 heavy (non-hydrogen) atoms. The molecular weight excluding hydrogens is 277 g/mol. The number of halogens is 3. The number of hydrogen-bond donors (Lipinski definition) is 2. The van der Waals surface area contributed by atoms with Crippen LogP contribution in [0.1, 0.15) is 5.56 Å². The molecule has 110 valence electrons. The van der Waals surface area contributed by atoms with Crippen LogP contribution >= 0.6 is 0 Å². The van der Waals surface area contributed by atoms with E-state index < -0.39 is 18.0 Å². The van der Waals surface area contributed by atoms with Crippen molar-refractivity contribution >= 4 is 17.5 Å². The molecule has 8 heteroatoms. The molecule has 2 amide bonds. The topological polar surface area (TPSA) is 67.4 Å². The summed E-state index contributed by atoms with van der Waals surface area (Å²) in [5.74, 6) is -2.47. The molecule has 1 aromatic carbocycles. The zero-order chi connectivity index (χ0) is 15.2. The first-order valence-electron chi connectivity index (χ1n) is 5.56. The summed E-state index contributed by atoms with van der Waals surface area (Å²) in [4.78, 5) is 22.1. The van der Waals surface area contributed by atoms with Gasteiger partial charge in [0.25, 0.3) is 0 Å². The highest BCUT2D eigenvalue weighted by molar-refractivity contribution is 5.95. The summed E-state index contributed by atoms with van der Waals surface area (Å²) in [6, 6.07) is 5.88. The molecular formula is C12H13F3N2O3. The Labute approximate surface area is 113 Å². The number of benzene rings is 1. The number of hydrogen-bond acceptors (Lipinski definition) is 3. The quantitative estimate of drug-likeness (QED) is 0.862. The van der Waals surface area contributed by atoms with Crippen LogP contribution in [0.5, 0.6) is 0 Å². The summed E-state index contributed by atoms with van der Waals surface area (Å²) in [6.07, 6.45) is -4.97. The van der Waals surface area contributed by atoms with Crippen molar-refractivity contribution in [2.75, 3.05) is 19.0 Å². The van der Waals surface area contributed by atoms with Crippen molar-refractivity contribution in [3.63, 3.8) is 0 Å². The molecule has 0 saturated heterocycles. The number of anilines is 1. The third-order valence-electron chi connectivity index (χ3n) is 2.27. The lowest BCUT2D eigenvalue weighted by Crippen LogP contribution is -2.31. The van der Waals surface area contributed by atoms with E-state index in [0.29, 0.717) is 5.56 Å². The summed E-state index contributed by atoms with van der Waals surface area (Å²) in [7, 11) is 1.34. The standard InChI is InChI=1S/C12H13F3N2O3/c1-20-7-10(18)16-6-8-4-2-3-5-9(8)17-11(19)12(13,14)15/h2-5H,6-7H2,1H3,(H,16,18)(H,17,19). The molecule has 0 unspecified atom stereocenters. The normalized spacial score (nSPS) is 11.0. The van der Waals surface area contributed by atoms with E-state index in [1.165, 1.54) is 25.3 Å². The van der Waals surface area contributed by atoms with Gasteiger partial charge in [0.2, 0.25) is 5.91 Å². The van der Waals surface area contributed by atoms with E-state index >= 15 is 0 Å². The summed E-state index contributed by atoms with van der Waals surface area (Å²) >= 11 is 0. The number of amides is 2. The van der Waals surface area contributed by atoms with Crippen LogP contribution in [0, 0.1) is 0 Å². The molecule has 0 heterocycles. The maximum absolute atomic E-state index is 12.2. The Balaban J connectivity index is 2.73. The monoisotopic (exact) mass is 290 g/mol. The molecule has 0 saturated carbocycles. The zero-order valence-electron chi connectivity index (χ0n) is 10.6. The first-order chi connectivity index (χ1) is 9.34. The van der Waals surface area contributed by atoms with Gasteiger partial charge in [-0.3, -0.25) is 9.59 Å². The van der Waals surface area contributed by atoms with Crippen molar-refractivity contribution in [2.45, 2.75) is 12.7 Å². The number of rotatable bonds is 5. The van der Waals surface area contributed by atoms with E-state index in [4.69, 9.17) is 0 Å². The number of para-hydroxylation sites is 1.